The van der Waals surface area contributed by atoms with Gasteiger partial charge in [-0.1, -0.05) is 135 Å². The average molecular weight is 839 g/mol. The van der Waals surface area contributed by atoms with Gasteiger partial charge < -0.3 is 31.1 Å². The van der Waals surface area contributed by atoms with Gasteiger partial charge in [-0.3, -0.25) is 14.4 Å². The number of thioether (sulfide) groups is 2. The molecule has 0 saturated carbocycles. The maximum absolute atomic E-state index is 14.5. The van der Waals surface area contributed by atoms with Gasteiger partial charge in [-0.2, -0.15) is 11.8 Å². The minimum Gasteiger partial charge on any atom is -0.480 e. The van der Waals surface area contributed by atoms with Crippen molar-refractivity contribution < 1.29 is 33.8 Å². The highest BCUT2D eigenvalue weighted by Gasteiger charge is 2.40. The normalized spacial score (nSPS) is 13.4. The Kier molecular flexibility index (Phi) is 17.2. The van der Waals surface area contributed by atoms with E-state index in [-0.39, 0.29) is 17.9 Å². The molecular formula is C46H54N4O7S2. The lowest BCUT2D eigenvalue weighted by molar-refractivity contribution is -0.141. The lowest BCUT2D eigenvalue weighted by Gasteiger charge is -2.36. The first kappa shape index (κ1) is 46.2. The molecule has 4 amide bonds. The number of nitrogens with one attached hydrogen (secondary N) is 4. The monoisotopic (exact) mass is 838 g/mol. The van der Waals surface area contributed by atoms with Crippen molar-refractivity contribution in [2.45, 2.75) is 69.5 Å². The fraction of sp³-hybridized carbons (Fsp3) is 0.326. The molecule has 4 aromatic rings. The minimum absolute atomic E-state index is 0.0460. The van der Waals surface area contributed by atoms with Crippen LogP contribution in [0.25, 0.3) is 6.08 Å². The summed E-state index contributed by atoms with van der Waals surface area (Å²) >= 11 is 2.90. The number of carbonyl (C=O) groups is 5. The number of ether oxygens (including phenoxy) is 1. The van der Waals surface area contributed by atoms with Crippen LogP contribution in [0, 0.1) is 5.92 Å². The molecule has 0 fully saturated rings. The number of carboxylic acids is 1. The van der Waals surface area contributed by atoms with Crippen LogP contribution in [0.2, 0.25) is 0 Å². The van der Waals surface area contributed by atoms with Crippen LogP contribution in [0.1, 0.15) is 63.3 Å². The minimum atomic E-state index is -1.21. The van der Waals surface area contributed by atoms with Gasteiger partial charge in [-0.05, 0) is 73.4 Å². The highest BCUT2D eigenvalue weighted by Crippen LogP contribution is 2.48. The van der Waals surface area contributed by atoms with E-state index < -0.39 is 64.2 Å². The van der Waals surface area contributed by atoms with Gasteiger partial charge in [0.1, 0.15) is 29.4 Å². The molecule has 11 nitrogen and oxygen atoms in total. The molecule has 0 aliphatic heterocycles. The number of amides is 4. The number of aliphatic carboxylic acids is 1. The van der Waals surface area contributed by atoms with Crippen LogP contribution >= 0.6 is 23.5 Å². The number of benzene rings is 4. The number of carboxylic acid groups (broad SMARTS) is 1. The van der Waals surface area contributed by atoms with E-state index in [0.717, 1.165) is 16.7 Å². The van der Waals surface area contributed by atoms with Gasteiger partial charge in [-0.15, -0.1) is 11.8 Å². The summed E-state index contributed by atoms with van der Waals surface area (Å²) in [7, 11) is 0. The quantitative estimate of drug-likeness (QED) is 0.0485. The summed E-state index contributed by atoms with van der Waals surface area (Å²) in [5.41, 5.74) is 2.37. The summed E-state index contributed by atoms with van der Waals surface area (Å²) in [5, 5.41) is 20.6. The molecule has 0 unspecified atom stereocenters. The van der Waals surface area contributed by atoms with Crippen LogP contribution < -0.4 is 21.3 Å². The zero-order valence-corrected chi connectivity index (χ0v) is 35.9. The predicted octanol–water partition coefficient (Wildman–Crippen LogP) is 7.23. The average Bonchev–Trinajstić information content (AvgIpc) is 3.21. The molecule has 0 spiro atoms. The van der Waals surface area contributed by atoms with E-state index >= 15 is 0 Å². The molecule has 3 atom stereocenters. The molecule has 13 heteroatoms. The van der Waals surface area contributed by atoms with Crippen molar-refractivity contribution in [3.63, 3.8) is 0 Å². The van der Waals surface area contributed by atoms with Crippen LogP contribution in [0.4, 0.5) is 4.79 Å². The summed E-state index contributed by atoms with van der Waals surface area (Å²) < 4.78 is 4.77. The number of alkyl carbamates (subject to hydrolysis) is 1. The number of carbonyl (C=O) groups excluding carboxylic acids is 4. The largest absolute Gasteiger partial charge is 0.480 e. The Labute approximate surface area is 355 Å². The van der Waals surface area contributed by atoms with Crippen molar-refractivity contribution >= 4 is 59.4 Å². The van der Waals surface area contributed by atoms with Crippen LogP contribution in [-0.2, 0) is 28.7 Å². The highest BCUT2D eigenvalue weighted by molar-refractivity contribution is 8.00. The standard InChI is InChI=1S/C46H54N4O7S2/c1-31(2)39(42(53)48-37(29-32-19-11-7-12-20-32)40(51)47-36(43(54)55)27-28-58-6)50-41(52)38(49-44(56)57-45(3,4)5)30-59-46(33-21-13-8-14-22-33,34-23-15-9-16-24-34)35-25-17-10-18-26-35/h7-26,29,31,36,38-39H,27-28,30H2,1-6H3,(H,47,51)(H,48,53)(H,49,56)(H,50,52)(H,54,55)/b37-29-/t36-,38-,39-/m0/s1. The van der Waals surface area contributed by atoms with Gasteiger partial charge in [0.05, 0.1) is 4.75 Å². The Morgan fingerprint density at radius 3 is 1.63 bits per heavy atom. The zero-order valence-electron chi connectivity index (χ0n) is 34.3. The van der Waals surface area contributed by atoms with Crippen molar-refractivity contribution in [2.75, 3.05) is 17.8 Å². The van der Waals surface area contributed by atoms with Crippen LogP contribution in [0.3, 0.4) is 0 Å². The van der Waals surface area contributed by atoms with Gasteiger partial charge in [0.25, 0.3) is 5.91 Å². The SMILES string of the molecule is CSCC[C@H](NC(=O)/C(=C/c1ccccc1)NC(=O)[C@@H](NC(=O)[C@H](CSC(c1ccccc1)(c1ccccc1)c1ccccc1)NC(=O)OC(C)(C)C)C(C)C)C(=O)O. The molecule has 0 saturated heterocycles. The highest BCUT2D eigenvalue weighted by atomic mass is 32.2. The van der Waals surface area contributed by atoms with E-state index in [9.17, 15) is 29.1 Å². The molecule has 4 rings (SSSR count). The maximum Gasteiger partial charge on any atom is 0.408 e. The van der Waals surface area contributed by atoms with E-state index in [4.69, 9.17) is 4.74 Å². The Hall–Kier alpha value is -5.53. The second-order valence-electron chi connectivity index (χ2n) is 15.1. The summed E-state index contributed by atoms with van der Waals surface area (Å²) in [6.07, 6.45) is 2.64. The van der Waals surface area contributed by atoms with Crippen molar-refractivity contribution in [3.05, 3.63) is 149 Å². The number of hydrogen-bond acceptors (Lipinski definition) is 8. The third kappa shape index (κ3) is 13.5. The molecule has 0 bridgehead atoms. The third-order valence-corrected chi connectivity index (χ3v) is 11.4. The molecule has 4 aromatic carbocycles. The van der Waals surface area contributed by atoms with Crippen molar-refractivity contribution in [1.82, 2.24) is 21.3 Å². The molecule has 312 valence electrons. The molecule has 0 aliphatic rings. The van der Waals surface area contributed by atoms with Crippen molar-refractivity contribution in [2.24, 2.45) is 5.92 Å². The molecule has 59 heavy (non-hydrogen) atoms. The molecule has 0 aliphatic carbocycles. The molecule has 5 N–H and O–H groups in total. The first-order valence-electron chi connectivity index (χ1n) is 19.3. The number of rotatable bonds is 19. The van der Waals surface area contributed by atoms with Crippen molar-refractivity contribution in [3.8, 4) is 0 Å². The summed E-state index contributed by atoms with van der Waals surface area (Å²) in [4.78, 5) is 67.6. The van der Waals surface area contributed by atoms with E-state index in [1.165, 1.54) is 29.6 Å². The Balaban J connectivity index is 1.70. The second-order valence-corrected chi connectivity index (χ2v) is 17.3. The Morgan fingerprint density at radius 1 is 0.695 bits per heavy atom. The Bertz CT molecular complexity index is 1930. The van der Waals surface area contributed by atoms with E-state index in [2.05, 4.69) is 21.3 Å². The predicted molar refractivity (Wildman–Crippen MR) is 237 cm³/mol. The lowest BCUT2D eigenvalue weighted by atomic mass is 9.84. The first-order valence-corrected chi connectivity index (χ1v) is 21.7. The number of hydrogen-bond donors (Lipinski definition) is 5. The Morgan fingerprint density at radius 2 is 1.19 bits per heavy atom. The van der Waals surface area contributed by atoms with Crippen LogP contribution in [0.15, 0.2) is 127 Å². The summed E-state index contributed by atoms with van der Waals surface area (Å²) in [6.45, 7) is 8.64. The fourth-order valence-electron chi connectivity index (χ4n) is 6.21. The van der Waals surface area contributed by atoms with Gasteiger partial charge in [0.2, 0.25) is 11.8 Å². The molecule has 0 radical (unpaired) electrons. The molecule has 0 aromatic heterocycles. The van der Waals surface area contributed by atoms with Gasteiger partial charge in [0, 0.05) is 5.75 Å². The van der Waals surface area contributed by atoms with E-state index in [1.807, 2.05) is 97.3 Å². The van der Waals surface area contributed by atoms with Crippen molar-refractivity contribution in [1.29, 1.82) is 0 Å². The summed E-state index contributed by atoms with van der Waals surface area (Å²) in [6, 6.07) is 34.9. The summed E-state index contributed by atoms with van der Waals surface area (Å²) in [5.74, 6) is -3.32. The van der Waals surface area contributed by atoms with E-state index in [1.54, 1.807) is 65.0 Å². The molecule has 0 heterocycles. The van der Waals surface area contributed by atoms with E-state index in [0.29, 0.717) is 11.3 Å². The third-order valence-electron chi connectivity index (χ3n) is 9.09. The zero-order chi connectivity index (χ0) is 43.0. The lowest BCUT2D eigenvalue weighted by Crippen LogP contribution is -2.57. The maximum atomic E-state index is 14.5. The second kappa shape index (κ2) is 22.0. The fourth-order valence-corrected chi connectivity index (χ4v) is 8.24. The van der Waals surface area contributed by atoms with Gasteiger partial charge >= 0.3 is 12.1 Å². The first-order chi connectivity index (χ1) is 28.1. The van der Waals surface area contributed by atoms with Gasteiger partial charge in [0.15, 0.2) is 0 Å². The van der Waals surface area contributed by atoms with Crippen LogP contribution in [0.5, 0.6) is 0 Å². The van der Waals surface area contributed by atoms with Crippen LogP contribution in [-0.4, -0.2) is 76.4 Å². The molecular weight excluding hydrogens is 785 g/mol. The smallest absolute Gasteiger partial charge is 0.408 e. The van der Waals surface area contributed by atoms with Gasteiger partial charge in [-0.25, -0.2) is 9.59 Å². The topological polar surface area (TPSA) is 163 Å².